The van der Waals surface area contributed by atoms with E-state index in [9.17, 15) is 18.0 Å². The highest BCUT2D eigenvalue weighted by atomic mass is 32.2. The van der Waals surface area contributed by atoms with Gasteiger partial charge in [0.15, 0.2) is 0 Å². The molecule has 0 aliphatic heterocycles. The molecule has 2 amide bonds. The van der Waals surface area contributed by atoms with Gasteiger partial charge in [0.2, 0.25) is 15.9 Å². The zero-order valence-corrected chi connectivity index (χ0v) is 21.5. The summed E-state index contributed by atoms with van der Waals surface area (Å²) in [4.78, 5) is 27.8. The lowest BCUT2D eigenvalue weighted by atomic mass is 9.88. The number of rotatable bonds is 7. The van der Waals surface area contributed by atoms with E-state index in [1.54, 1.807) is 39.1 Å². The van der Waals surface area contributed by atoms with Gasteiger partial charge in [-0.2, -0.15) is 0 Å². The maximum atomic E-state index is 13.3. The second-order valence-electron chi connectivity index (χ2n) is 9.57. The van der Waals surface area contributed by atoms with Crippen LogP contribution in [0.3, 0.4) is 0 Å². The first-order chi connectivity index (χ1) is 15.8. The Balaban J connectivity index is 1.89. The third kappa shape index (κ3) is 7.00. The number of hydrogen-bond acceptors (Lipinski definition) is 7. The molecular weight excluding hydrogens is 476 g/mol. The van der Waals surface area contributed by atoms with E-state index in [0.29, 0.717) is 11.1 Å². The fraction of sp³-hybridized carbons (Fsp3) is 0.522. The maximum Gasteiger partial charge on any atom is 0.404 e. The van der Waals surface area contributed by atoms with Gasteiger partial charge in [-0.1, -0.05) is 12.1 Å². The lowest BCUT2D eigenvalue weighted by molar-refractivity contribution is -0.119. The first-order valence-corrected chi connectivity index (χ1v) is 13.5. The van der Waals surface area contributed by atoms with E-state index < -0.39 is 21.7 Å². The number of hydrogen-bond donors (Lipinski definition) is 3. The molecule has 0 saturated heterocycles. The summed E-state index contributed by atoms with van der Waals surface area (Å²) in [5.74, 6) is 0.0302. The largest absolute Gasteiger partial charge is 0.446 e. The van der Waals surface area contributed by atoms with Crippen LogP contribution in [0.15, 0.2) is 29.3 Å². The molecule has 1 aromatic heterocycles. The first-order valence-electron chi connectivity index (χ1n) is 11.2. The van der Waals surface area contributed by atoms with Crippen LogP contribution in [-0.4, -0.2) is 37.0 Å². The molecule has 186 valence electrons. The minimum atomic E-state index is -3.84. The average molecular weight is 509 g/mol. The molecule has 0 unspecified atom stereocenters. The summed E-state index contributed by atoms with van der Waals surface area (Å²) in [6, 6.07) is 5.18. The fourth-order valence-corrected chi connectivity index (χ4v) is 6.86. The number of nitrogens with one attached hydrogen (secondary N) is 2. The highest BCUT2D eigenvalue weighted by Gasteiger charge is 2.29. The van der Waals surface area contributed by atoms with Gasteiger partial charge in [0.1, 0.15) is 6.10 Å². The molecule has 1 aliphatic carbocycles. The van der Waals surface area contributed by atoms with Crippen LogP contribution in [0, 0.1) is 0 Å². The van der Waals surface area contributed by atoms with E-state index in [1.165, 1.54) is 18.3 Å². The van der Waals surface area contributed by atoms with Crippen LogP contribution in [0.1, 0.15) is 69.9 Å². The van der Waals surface area contributed by atoms with Crippen LogP contribution in [-0.2, 0) is 26.1 Å². The first kappa shape index (κ1) is 26.1. The Labute approximate surface area is 204 Å². The van der Waals surface area contributed by atoms with Gasteiger partial charge < -0.3 is 15.8 Å². The Kier molecular flexibility index (Phi) is 7.99. The standard InChI is InChI=1S/C23H32N4O5S2/c1-14(28)25-12-15-5-10-18(20(11-15)34(30,31)27-23(2,3)4)19-13-26-21(33-19)16-6-8-17(9-7-16)32-22(24)29/h5,10-11,13,16-17,27H,6-9,12H2,1-4H3,(H2,24,29)(H,25,28)/t16-,17-. The van der Waals surface area contributed by atoms with Crippen molar-refractivity contribution in [3.05, 3.63) is 35.0 Å². The van der Waals surface area contributed by atoms with Crippen molar-refractivity contribution in [3.63, 3.8) is 0 Å². The summed E-state index contributed by atoms with van der Waals surface area (Å²) < 4.78 is 34.4. The minimum Gasteiger partial charge on any atom is -0.446 e. The van der Waals surface area contributed by atoms with Crippen molar-refractivity contribution >= 4 is 33.4 Å². The second-order valence-corrected chi connectivity index (χ2v) is 12.3. The molecule has 3 rings (SSSR count). The number of benzene rings is 1. The number of amides is 2. The molecule has 1 heterocycles. The highest BCUT2D eigenvalue weighted by molar-refractivity contribution is 7.89. The van der Waals surface area contributed by atoms with Gasteiger partial charge in [-0.25, -0.2) is 22.9 Å². The van der Waals surface area contributed by atoms with E-state index in [-0.39, 0.29) is 29.4 Å². The van der Waals surface area contributed by atoms with Crippen molar-refractivity contribution in [1.82, 2.24) is 15.0 Å². The predicted molar refractivity (Wildman–Crippen MR) is 131 cm³/mol. The molecule has 0 atom stereocenters. The topological polar surface area (TPSA) is 140 Å². The zero-order valence-electron chi connectivity index (χ0n) is 19.9. The maximum absolute atomic E-state index is 13.3. The summed E-state index contributed by atoms with van der Waals surface area (Å²) >= 11 is 1.47. The van der Waals surface area contributed by atoms with E-state index in [0.717, 1.165) is 35.6 Å². The second kappa shape index (κ2) is 10.4. The number of nitrogens with zero attached hydrogens (tertiary/aromatic N) is 1. The number of nitrogens with two attached hydrogens (primary N) is 1. The van der Waals surface area contributed by atoms with Crippen LogP contribution in [0.5, 0.6) is 0 Å². The molecule has 1 aliphatic rings. The fourth-order valence-electron chi connectivity index (χ4n) is 3.98. The molecular formula is C23H32N4O5S2. The molecule has 9 nitrogen and oxygen atoms in total. The van der Waals surface area contributed by atoms with Gasteiger partial charge in [-0.3, -0.25) is 4.79 Å². The van der Waals surface area contributed by atoms with Crippen LogP contribution >= 0.6 is 11.3 Å². The third-order valence-electron chi connectivity index (χ3n) is 5.41. The quantitative estimate of drug-likeness (QED) is 0.521. The predicted octanol–water partition coefficient (Wildman–Crippen LogP) is 3.64. The lowest BCUT2D eigenvalue weighted by Crippen LogP contribution is -2.40. The van der Waals surface area contributed by atoms with Crippen LogP contribution in [0.4, 0.5) is 4.79 Å². The molecule has 1 aromatic carbocycles. The van der Waals surface area contributed by atoms with Crippen LogP contribution in [0.2, 0.25) is 0 Å². The summed E-state index contributed by atoms with van der Waals surface area (Å²) in [7, 11) is -3.84. The van der Waals surface area contributed by atoms with Gasteiger partial charge in [0, 0.05) is 36.7 Å². The van der Waals surface area contributed by atoms with Gasteiger partial charge in [-0.05, 0) is 58.1 Å². The number of carbonyl (C=O) groups is 2. The summed E-state index contributed by atoms with van der Waals surface area (Å²) in [6.45, 7) is 7.01. The molecule has 0 radical (unpaired) electrons. The Bertz CT molecular complexity index is 1150. The Morgan fingerprint density at radius 2 is 1.88 bits per heavy atom. The lowest BCUT2D eigenvalue weighted by Gasteiger charge is -2.26. The summed E-state index contributed by atoms with van der Waals surface area (Å²) in [6.07, 6.45) is 3.87. The number of ether oxygens (including phenoxy) is 1. The molecule has 1 saturated carbocycles. The normalized spacial score (nSPS) is 18.9. The molecule has 1 fully saturated rings. The number of thiazole rings is 1. The molecule has 0 spiro atoms. The van der Waals surface area contributed by atoms with Crippen molar-refractivity contribution in [2.75, 3.05) is 0 Å². The van der Waals surface area contributed by atoms with E-state index >= 15 is 0 Å². The minimum absolute atomic E-state index is 0.152. The Morgan fingerprint density at radius 1 is 1.21 bits per heavy atom. The monoisotopic (exact) mass is 508 g/mol. The number of sulfonamides is 1. The molecule has 0 bridgehead atoms. The smallest absolute Gasteiger partial charge is 0.404 e. The molecule has 34 heavy (non-hydrogen) atoms. The highest BCUT2D eigenvalue weighted by Crippen LogP contribution is 2.40. The third-order valence-corrected chi connectivity index (χ3v) is 8.40. The zero-order chi connectivity index (χ0) is 25.1. The molecule has 2 aromatic rings. The Hall–Kier alpha value is -2.50. The number of aromatic nitrogens is 1. The summed E-state index contributed by atoms with van der Waals surface area (Å²) in [5.41, 5.74) is 5.72. The summed E-state index contributed by atoms with van der Waals surface area (Å²) in [5, 5.41) is 3.64. The Morgan fingerprint density at radius 3 is 2.47 bits per heavy atom. The average Bonchev–Trinajstić information content (AvgIpc) is 3.20. The van der Waals surface area contributed by atoms with E-state index in [4.69, 9.17) is 10.5 Å². The number of primary amides is 1. The van der Waals surface area contributed by atoms with Crippen molar-refractivity contribution in [2.24, 2.45) is 5.73 Å². The SMILES string of the molecule is CC(=O)NCc1ccc(-c2cnc([C@H]3CC[C@H](OC(N)=O)CC3)s2)c(S(=O)(=O)NC(C)(C)C)c1. The van der Waals surface area contributed by atoms with Gasteiger partial charge in [0.25, 0.3) is 0 Å². The molecule has 11 heteroatoms. The van der Waals surface area contributed by atoms with Crippen molar-refractivity contribution in [2.45, 2.75) is 82.4 Å². The van der Waals surface area contributed by atoms with Crippen LogP contribution in [0.25, 0.3) is 10.4 Å². The number of carbonyl (C=O) groups excluding carboxylic acids is 2. The molecule has 4 N–H and O–H groups in total. The van der Waals surface area contributed by atoms with E-state index in [2.05, 4.69) is 15.0 Å². The van der Waals surface area contributed by atoms with Crippen molar-refractivity contribution in [1.29, 1.82) is 0 Å². The van der Waals surface area contributed by atoms with Crippen LogP contribution < -0.4 is 15.8 Å². The van der Waals surface area contributed by atoms with Gasteiger partial charge in [-0.15, -0.1) is 11.3 Å². The van der Waals surface area contributed by atoms with Crippen molar-refractivity contribution < 1.29 is 22.7 Å². The van der Waals surface area contributed by atoms with Gasteiger partial charge >= 0.3 is 6.09 Å². The van der Waals surface area contributed by atoms with Gasteiger partial charge in [0.05, 0.1) is 14.8 Å². The van der Waals surface area contributed by atoms with E-state index in [1.807, 2.05) is 6.07 Å². The van der Waals surface area contributed by atoms with Crippen molar-refractivity contribution in [3.8, 4) is 10.4 Å².